The quantitative estimate of drug-likeness (QED) is 0.577. The highest BCUT2D eigenvalue weighted by Gasteiger charge is 2.31. The molecule has 1 fully saturated rings. The molecule has 3 rings (SSSR count). The van der Waals surface area contributed by atoms with Gasteiger partial charge in [0.2, 0.25) is 0 Å². The summed E-state index contributed by atoms with van der Waals surface area (Å²) in [6.07, 6.45) is 3.91. The van der Waals surface area contributed by atoms with Gasteiger partial charge in [0.1, 0.15) is 11.6 Å². The molecule has 31 heavy (non-hydrogen) atoms. The van der Waals surface area contributed by atoms with Gasteiger partial charge in [0, 0.05) is 30.2 Å². The van der Waals surface area contributed by atoms with Crippen LogP contribution in [0.5, 0.6) is 5.75 Å². The minimum Gasteiger partial charge on any atom is -0.495 e. The van der Waals surface area contributed by atoms with Crippen LogP contribution in [0.4, 0.5) is 5.82 Å². The molecule has 0 atom stereocenters. The van der Waals surface area contributed by atoms with Crippen LogP contribution in [0.3, 0.4) is 0 Å². The van der Waals surface area contributed by atoms with Gasteiger partial charge in [0.05, 0.1) is 28.1 Å². The molecule has 168 valence electrons. The molecule has 0 unspecified atom stereocenters. The van der Waals surface area contributed by atoms with E-state index in [4.69, 9.17) is 49.5 Å². The number of methoxy groups -OCH3 is 1. The van der Waals surface area contributed by atoms with E-state index in [1.807, 2.05) is 25.1 Å². The maximum Gasteiger partial charge on any atom is 0.165 e. The second-order valence-corrected chi connectivity index (χ2v) is 9.23. The summed E-state index contributed by atoms with van der Waals surface area (Å²) in [5.74, 6) is 2.45. The van der Waals surface area contributed by atoms with Crippen molar-refractivity contribution in [3.63, 3.8) is 0 Å². The van der Waals surface area contributed by atoms with E-state index >= 15 is 0 Å². The van der Waals surface area contributed by atoms with Gasteiger partial charge in [-0.25, -0.2) is 9.97 Å². The lowest BCUT2D eigenvalue weighted by atomic mass is 9.99. The first-order chi connectivity index (χ1) is 14.7. The Kier molecular flexibility index (Phi) is 7.74. The Labute approximate surface area is 199 Å². The van der Waals surface area contributed by atoms with Crippen molar-refractivity contribution in [2.24, 2.45) is 0 Å². The van der Waals surface area contributed by atoms with Crippen LogP contribution in [0, 0.1) is 0 Å². The Bertz CT molecular complexity index is 1080. The first kappa shape index (κ1) is 24.1. The van der Waals surface area contributed by atoms with Crippen LogP contribution >= 0.6 is 34.8 Å². The molecule has 8 heteroatoms. The Morgan fingerprint density at radius 1 is 1.23 bits per heavy atom. The molecule has 1 aromatic carbocycles. The van der Waals surface area contributed by atoms with Crippen LogP contribution in [0.1, 0.15) is 32.3 Å². The molecule has 0 saturated carbocycles. The SMILES string of the molecule is C/C=c1/nc(-c2c(Cl)c(OC)cc(C(C)C)c2Cl)nc(N2CC(N(C)C)C2)/c1=C/CCl. The van der Waals surface area contributed by atoms with E-state index in [-0.39, 0.29) is 5.92 Å². The third kappa shape index (κ3) is 4.65. The average Bonchev–Trinajstić information content (AvgIpc) is 2.68. The lowest BCUT2D eigenvalue weighted by Crippen LogP contribution is -2.59. The van der Waals surface area contributed by atoms with Gasteiger partial charge in [-0.2, -0.15) is 0 Å². The van der Waals surface area contributed by atoms with E-state index in [1.54, 1.807) is 7.11 Å². The van der Waals surface area contributed by atoms with E-state index < -0.39 is 0 Å². The summed E-state index contributed by atoms with van der Waals surface area (Å²) in [5, 5.41) is 2.69. The zero-order valence-corrected chi connectivity index (χ0v) is 21.1. The Balaban J connectivity index is 2.28. The summed E-state index contributed by atoms with van der Waals surface area (Å²) in [6.45, 7) is 7.87. The second kappa shape index (κ2) is 9.95. The van der Waals surface area contributed by atoms with Gasteiger partial charge in [0.15, 0.2) is 5.82 Å². The fraction of sp³-hybridized carbons (Fsp3) is 0.478. The summed E-state index contributed by atoms with van der Waals surface area (Å²) in [5.41, 5.74) is 1.54. The van der Waals surface area contributed by atoms with Crippen molar-refractivity contribution in [2.75, 3.05) is 45.1 Å². The molecule has 0 radical (unpaired) electrons. The number of nitrogens with zero attached hydrogens (tertiary/aromatic N) is 4. The first-order valence-corrected chi connectivity index (χ1v) is 11.6. The Morgan fingerprint density at radius 2 is 1.90 bits per heavy atom. The zero-order chi connectivity index (χ0) is 22.9. The van der Waals surface area contributed by atoms with Gasteiger partial charge in [-0.15, -0.1) is 11.6 Å². The van der Waals surface area contributed by atoms with Crippen LogP contribution in [-0.4, -0.2) is 61.1 Å². The topological polar surface area (TPSA) is 41.5 Å². The fourth-order valence-electron chi connectivity index (χ4n) is 3.67. The van der Waals surface area contributed by atoms with Crippen LogP contribution in [0.25, 0.3) is 23.5 Å². The van der Waals surface area contributed by atoms with E-state index in [2.05, 4.69) is 37.7 Å². The summed E-state index contributed by atoms with van der Waals surface area (Å²) in [6, 6.07) is 2.37. The molecule has 1 aromatic heterocycles. The van der Waals surface area contributed by atoms with Crippen molar-refractivity contribution < 1.29 is 4.74 Å². The molecule has 1 saturated heterocycles. The van der Waals surface area contributed by atoms with E-state index in [1.165, 1.54) is 0 Å². The van der Waals surface area contributed by atoms with Gasteiger partial charge in [-0.05, 0) is 38.6 Å². The average molecular weight is 484 g/mol. The summed E-state index contributed by atoms with van der Waals surface area (Å²) in [7, 11) is 5.78. The van der Waals surface area contributed by atoms with Crippen LogP contribution in [0.15, 0.2) is 6.07 Å². The van der Waals surface area contributed by atoms with Crippen molar-refractivity contribution in [3.8, 4) is 17.1 Å². The molecule has 1 aliphatic rings. The molecule has 1 aliphatic heterocycles. The van der Waals surface area contributed by atoms with Gasteiger partial charge in [0.25, 0.3) is 0 Å². The molecule has 2 heterocycles. The number of benzene rings is 1. The molecule has 2 aromatic rings. The van der Waals surface area contributed by atoms with Crippen molar-refractivity contribution in [2.45, 2.75) is 32.7 Å². The zero-order valence-electron chi connectivity index (χ0n) is 18.8. The fourth-order valence-corrected chi connectivity index (χ4v) is 4.64. The monoisotopic (exact) mass is 482 g/mol. The highest BCUT2D eigenvalue weighted by molar-refractivity contribution is 6.40. The number of halogens is 3. The second-order valence-electron chi connectivity index (χ2n) is 8.16. The Morgan fingerprint density at radius 3 is 2.42 bits per heavy atom. The summed E-state index contributed by atoms with van der Waals surface area (Å²) >= 11 is 19.6. The third-order valence-electron chi connectivity index (χ3n) is 5.66. The predicted molar refractivity (Wildman–Crippen MR) is 132 cm³/mol. The van der Waals surface area contributed by atoms with E-state index in [0.717, 1.165) is 35.0 Å². The van der Waals surface area contributed by atoms with Gasteiger partial charge in [-0.3, -0.25) is 0 Å². The first-order valence-electron chi connectivity index (χ1n) is 10.3. The number of aromatic nitrogens is 2. The van der Waals surface area contributed by atoms with Crippen molar-refractivity contribution in [1.82, 2.24) is 14.9 Å². The smallest absolute Gasteiger partial charge is 0.165 e. The maximum absolute atomic E-state index is 6.83. The number of ether oxygens (including phenoxy) is 1. The highest BCUT2D eigenvalue weighted by atomic mass is 35.5. The Hall–Kier alpha value is -1.53. The van der Waals surface area contributed by atoms with Gasteiger partial charge < -0.3 is 14.5 Å². The summed E-state index contributed by atoms with van der Waals surface area (Å²) < 4.78 is 5.53. The van der Waals surface area contributed by atoms with E-state index in [9.17, 15) is 0 Å². The minimum atomic E-state index is 0.189. The van der Waals surface area contributed by atoms with E-state index in [0.29, 0.717) is 39.1 Å². The number of rotatable bonds is 6. The van der Waals surface area contributed by atoms with Gasteiger partial charge in [-0.1, -0.05) is 49.2 Å². The lowest BCUT2D eigenvalue weighted by Gasteiger charge is -2.43. The molecule has 0 bridgehead atoms. The van der Waals surface area contributed by atoms with Gasteiger partial charge >= 0.3 is 0 Å². The number of likely N-dealkylation sites (N-methyl/N-ethyl adjacent to an activating group) is 1. The molecular weight excluding hydrogens is 455 g/mol. The maximum atomic E-state index is 6.83. The highest BCUT2D eigenvalue weighted by Crippen LogP contribution is 2.43. The molecular formula is C23H29Cl3N4O. The number of hydrogen-bond acceptors (Lipinski definition) is 5. The molecule has 0 amide bonds. The van der Waals surface area contributed by atoms with Crippen LogP contribution in [-0.2, 0) is 0 Å². The normalized spacial score (nSPS) is 15.9. The number of hydrogen-bond donors (Lipinski definition) is 0. The van der Waals surface area contributed by atoms with Crippen LogP contribution in [0.2, 0.25) is 10.0 Å². The van der Waals surface area contributed by atoms with Crippen molar-refractivity contribution in [1.29, 1.82) is 0 Å². The molecule has 0 spiro atoms. The predicted octanol–water partition coefficient (Wildman–Crippen LogP) is 4.15. The third-order valence-corrected chi connectivity index (χ3v) is 6.60. The largest absolute Gasteiger partial charge is 0.495 e. The standard InChI is InChI=1S/C23H29Cl3N4O/c1-7-17-15(8-9-24)23(30-11-14(12-30)29(4)5)28-22(27-17)19-20(25)16(13(2)3)10-18(31-6)21(19)26/h7-8,10,13-14H,9,11-12H2,1-6H3/b15-8+,17-7+. The molecule has 0 aliphatic carbocycles. The van der Waals surface area contributed by atoms with Crippen LogP contribution < -0.4 is 20.2 Å². The number of alkyl halides is 1. The summed E-state index contributed by atoms with van der Waals surface area (Å²) in [4.78, 5) is 14.2. The number of anilines is 1. The minimum absolute atomic E-state index is 0.189. The lowest BCUT2D eigenvalue weighted by molar-refractivity contribution is 0.246. The molecule has 5 nitrogen and oxygen atoms in total. The van der Waals surface area contributed by atoms with Crippen molar-refractivity contribution >= 4 is 52.8 Å². The van der Waals surface area contributed by atoms with Crippen molar-refractivity contribution in [3.05, 3.63) is 32.2 Å². The molecule has 0 N–H and O–H groups in total.